The molecule has 0 spiro atoms. The normalized spacial score (nSPS) is 13.3. The fraction of sp³-hybridized carbons (Fsp3) is 0.100. The van der Waals surface area contributed by atoms with Gasteiger partial charge in [0.2, 0.25) is 0 Å². The molecule has 2 aromatic rings. The summed E-state index contributed by atoms with van der Waals surface area (Å²) >= 11 is 5.52. The number of anilines is 2. The van der Waals surface area contributed by atoms with Crippen LogP contribution in [-0.2, 0) is 11.0 Å². The predicted molar refractivity (Wildman–Crippen MR) is 110 cm³/mol. The zero-order valence-corrected chi connectivity index (χ0v) is 17.2. The van der Waals surface area contributed by atoms with E-state index in [1.165, 1.54) is 12.1 Å². The molecular weight excluding hydrogens is 472 g/mol. The zero-order valence-electron chi connectivity index (χ0n) is 16.4. The quantitative estimate of drug-likeness (QED) is 0.362. The molecule has 0 bridgehead atoms. The third-order valence-electron chi connectivity index (χ3n) is 4.16. The highest BCUT2D eigenvalue weighted by Gasteiger charge is 2.33. The Morgan fingerprint density at radius 1 is 1.12 bits per heavy atom. The molecule has 0 aromatic heterocycles. The van der Waals surface area contributed by atoms with E-state index >= 15 is 0 Å². The molecule has 0 aliphatic carbocycles. The minimum absolute atomic E-state index is 0.0937. The average molecular weight is 487 g/mol. The Balaban J connectivity index is 1.60. The fourth-order valence-electron chi connectivity index (χ4n) is 2.62. The predicted octanol–water partition coefficient (Wildman–Crippen LogP) is 4.70. The first kappa shape index (κ1) is 23.9. The Morgan fingerprint density at radius 3 is 2.55 bits per heavy atom. The summed E-state index contributed by atoms with van der Waals surface area (Å²) in [4.78, 5) is 29.0. The molecule has 0 fully saturated rings. The molecule has 4 N–H and O–H groups in total. The van der Waals surface area contributed by atoms with Gasteiger partial charge in [-0.05, 0) is 36.4 Å². The third kappa shape index (κ3) is 6.14. The monoisotopic (exact) mass is 486 g/mol. The number of alkyl halides is 3. The van der Waals surface area contributed by atoms with Crippen molar-refractivity contribution in [1.82, 2.24) is 10.5 Å². The van der Waals surface area contributed by atoms with E-state index in [9.17, 15) is 32.4 Å². The van der Waals surface area contributed by atoms with E-state index in [1.54, 1.807) is 12.2 Å². The van der Waals surface area contributed by atoms with Gasteiger partial charge in [-0.2, -0.15) is 18.7 Å². The van der Waals surface area contributed by atoms with Crippen LogP contribution in [-0.4, -0.2) is 28.8 Å². The second kappa shape index (κ2) is 9.79. The van der Waals surface area contributed by atoms with Gasteiger partial charge >= 0.3 is 18.1 Å². The molecule has 8 nitrogen and oxygen atoms in total. The molecule has 3 rings (SSSR count). The van der Waals surface area contributed by atoms with Crippen LogP contribution in [0.15, 0.2) is 60.3 Å². The highest BCUT2D eigenvalue weighted by atomic mass is 35.5. The number of carbonyl (C=O) groups excluding carboxylic acids is 2. The maximum atomic E-state index is 14.3. The molecule has 33 heavy (non-hydrogen) atoms. The van der Waals surface area contributed by atoms with Gasteiger partial charge < -0.3 is 15.5 Å². The summed E-state index contributed by atoms with van der Waals surface area (Å²) < 4.78 is 53.1. The van der Waals surface area contributed by atoms with E-state index in [-0.39, 0.29) is 29.4 Å². The van der Waals surface area contributed by atoms with Crippen molar-refractivity contribution in [3.05, 3.63) is 76.7 Å². The molecule has 1 aliphatic heterocycles. The smallest absolute Gasteiger partial charge is 0.379 e. The SMILES string of the molecule is O=C(Nc1ccc(Cl)c(C(F)(F)F)c1)Nc1ccc(ONC(=O)C2=CC=CCN2O)cc1F. The van der Waals surface area contributed by atoms with Gasteiger partial charge in [0.1, 0.15) is 5.70 Å². The number of nitrogens with one attached hydrogen (secondary N) is 3. The van der Waals surface area contributed by atoms with Gasteiger partial charge in [-0.15, -0.1) is 0 Å². The van der Waals surface area contributed by atoms with Gasteiger partial charge in [-0.1, -0.05) is 23.8 Å². The number of rotatable bonds is 5. The molecule has 0 saturated heterocycles. The van der Waals surface area contributed by atoms with Crippen molar-refractivity contribution >= 4 is 34.9 Å². The zero-order chi connectivity index (χ0) is 24.2. The van der Waals surface area contributed by atoms with Crippen molar-refractivity contribution in [2.45, 2.75) is 6.18 Å². The number of urea groups is 1. The van der Waals surface area contributed by atoms with Gasteiger partial charge in [0.15, 0.2) is 11.6 Å². The fourth-order valence-corrected chi connectivity index (χ4v) is 2.85. The molecule has 0 unspecified atom stereocenters. The number of nitrogens with zero attached hydrogens (tertiary/aromatic N) is 1. The second-order valence-electron chi connectivity index (χ2n) is 6.51. The number of allylic oxidation sites excluding steroid dienone is 2. The number of halogens is 5. The van der Waals surface area contributed by atoms with Crippen LogP contribution >= 0.6 is 11.6 Å². The molecule has 3 amide bonds. The van der Waals surface area contributed by atoms with Crippen molar-refractivity contribution < 1.29 is 37.2 Å². The summed E-state index contributed by atoms with van der Waals surface area (Å²) in [5, 5.41) is 14.0. The van der Waals surface area contributed by atoms with E-state index in [4.69, 9.17) is 16.4 Å². The van der Waals surface area contributed by atoms with Crippen LogP contribution in [0.25, 0.3) is 0 Å². The summed E-state index contributed by atoms with van der Waals surface area (Å²) in [6, 6.07) is 4.94. The van der Waals surface area contributed by atoms with Crippen LogP contribution in [0.1, 0.15) is 5.56 Å². The minimum Gasteiger partial charge on any atom is -0.379 e. The Kier molecular flexibility index (Phi) is 7.09. The first-order valence-electron chi connectivity index (χ1n) is 9.09. The lowest BCUT2D eigenvalue weighted by Gasteiger charge is -2.20. The number of hydrogen-bond acceptors (Lipinski definition) is 5. The Morgan fingerprint density at radius 2 is 1.88 bits per heavy atom. The molecule has 0 saturated carbocycles. The molecule has 1 heterocycles. The van der Waals surface area contributed by atoms with Gasteiger partial charge in [0, 0.05) is 11.8 Å². The van der Waals surface area contributed by atoms with Crippen molar-refractivity contribution in [2.24, 2.45) is 0 Å². The van der Waals surface area contributed by atoms with E-state index < -0.39 is 34.5 Å². The van der Waals surface area contributed by atoms with Crippen molar-refractivity contribution in [1.29, 1.82) is 0 Å². The standard InChI is InChI=1S/C20H15ClF4N4O4/c21-14-6-4-11(9-13(14)20(23,24)25)26-19(31)27-16-7-5-12(10-15(16)22)33-28-18(30)17-3-1-2-8-29(17)32/h1-7,9-10,32H,8H2,(H,28,30)(H2,26,27,31). The minimum atomic E-state index is -4.72. The van der Waals surface area contributed by atoms with Crippen LogP contribution in [0.2, 0.25) is 5.02 Å². The van der Waals surface area contributed by atoms with Gasteiger partial charge in [0.05, 0.1) is 22.8 Å². The van der Waals surface area contributed by atoms with E-state index in [2.05, 4.69) is 10.6 Å². The first-order valence-corrected chi connectivity index (χ1v) is 9.47. The van der Waals surface area contributed by atoms with Crippen LogP contribution in [0, 0.1) is 5.82 Å². The van der Waals surface area contributed by atoms with E-state index in [0.717, 1.165) is 24.3 Å². The third-order valence-corrected chi connectivity index (χ3v) is 4.49. The number of amides is 3. The molecule has 0 atom stereocenters. The molecule has 13 heteroatoms. The van der Waals surface area contributed by atoms with Crippen molar-refractivity contribution in [3.63, 3.8) is 0 Å². The Bertz CT molecular complexity index is 1140. The summed E-state index contributed by atoms with van der Waals surface area (Å²) in [6.07, 6.45) is -0.215. The first-order chi connectivity index (χ1) is 15.5. The van der Waals surface area contributed by atoms with E-state index in [1.807, 2.05) is 5.48 Å². The molecule has 2 aromatic carbocycles. The molecule has 1 aliphatic rings. The number of hydroxylamine groups is 3. The maximum Gasteiger partial charge on any atom is 0.417 e. The molecule has 0 radical (unpaired) electrons. The lowest BCUT2D eigenvalue weighted by Crippen LogP contribution is -2.36. The van der Waals surface area contributed by atoms with Gasteiger partial charge in [-0.25, -0.2) is 14.2 Å². The Hall–Kier alpha value is -3.77. The van der Waals surface area contributed by atoms with Crippen molar-refractivity contribution in [2.75, 3.05) is 17.2 Å². The number of hydrogen-bond donors (Lipinski definition) is 4. The van der Waals surface area contributed by atoms with Crippen LogP contribution in [0.4, 0.5) is 33.7 Å². The number of benzene rings is 2. The molecule has 174 valence electrons. The molecular formula is C20H15ClF4N4O4. The summed E-state index contributed by atoms with van der Waals surface area (Å²) in [7, 11) is 0. The summed E-state index contributed by atoms with van der Waals surface area (Å²) in [6.45, 7) is 0.101. The Labute approximate surface area is 189 Å². The van der Waals surface area contributed by atoms with Gasteiger partial charge in [0.25, 0.3) is 0 Å². The summed E-state index contributed by atoms with van der Waals surface area (Å²) in [5.41, 5.74) is 0.279. The highest BCUT2D eigenvalue weighted by molar-refractivity contribution is 6.31. The highest BCUT2D eigenvalue weighted by Crippen LogP contribution is 2.36. The van der Waals surface area contributed by atoms with Crippen LogP contribution in [0.3, 0.4) is 0 Å². The van der Waals surface area contributed by atoms with E-state index in [0.29, 0.717) is 11.1 Å². The maximum absolute atomic E-state index is 14.3. The largest absolute Gasteiger partial charge is 0.417 e. The van der Waals surface area contributed by atoms with Crippen LogP contribution in [0.5, 0.6) is 5.75 Å². The lowest BCUT2D eigenvalue weighted by molar-refractivity contribution is -0.137. The van der Waals surface area contributed by atoms with Gasteiger partial charge in [-0.3, -0.25) is 10.0 Å². The van der Waals surface area contributed by atoms with Crippen molar-refractivity contribution in [3.8, 4) is 5.75 Å². The average Bonchev–Trinajstić information content (AvgIpc) is 2.74. The lowest BCUT2D eigenvalue weighted by atomic mass is 10.2. The topological polar surface area (TPSA) is 103 Å². The summed E-state index contributed by atoms with van der Waals surface area (Å²) in [5.74, 6) is -1.87. The number of carbonyl (C=O) groups is 2. The second-order valence-corrected chi connectivity index (χ2v) is 6.92. The van der Waals surface area contributed by atoms with Crippen LogP contribution < -0.4 is 21.0 Å².